The largest absolute Gasteiger partial charge is 0.481 e. The van der Waals surface area contributed by atoms with Crippen LogP contribution in [0.5, 0.6) is 0 Å². The summed E-state index contributed by atoms with van der Waals surface area (Å²) in [5.74, 6) is -1.04. The number of nitrogens with one attached hydrogen (secondary N) is 1. The monoisotopic (exact) mass is 289 g/mol. The molecule has 4 heteroatoms. The van der Waals surface area contributed by atoms with Crippen molar-refractivity contribution in [3.63, 3.8) is 0 Å². The minimum absolute atomic E-state index is 0.0651. The molecule has 0 bridgehead atoms. The summed E-state index contributed by atoms with van der Waals surface area (Å²) in [5, 5.41) is 12.4. The molecule has 2 rings (SSSR count). The first-order valence-corrected chi connectivity index (χ1v) is 7.53. The third-order valence-electron chi connectivity index (χ3n) is 4.42. The van der Waals surface area contributed by atoms with Gasteiger partial charge in [0.05, 0.1) is 5.41 Å². The molecule has 2 N–H and O–H groups in total. The van der Waals surface area contributed by atoms with Crippen LogP contribution in [0.3, 0.4) is 0 Å². The Bertz CT molecular complexity index is 545. The molecule has 0 radical (unpaired) electrons. The van der Waals surface area contributed by atoms with Gasteiger partial charge in [0.1, 0.15) is 0 Å². The molecule has 4 nitrogen and oxygen atoms in total. The van der Waals surface area contributed by atoms with Crippen molar-refractivity contribution in [2.45, 2.75) is 52.4 Å². The van der Waals surface area contributed by atoms with Crippen LogP contribution in [0.25, 0.3) is 0 Å². The molecule has 21 heavy (non-hydrogen) atoms. The number of aliphatic carboxylic acids is 1. The molecule has 0 aliphatic heterocycles. The minimum atomic E-state index is -0.874. The second kappa shape index (κ2) is 6.29. The van der Waals surface area contributed by atoms with Crippen LogP contribution in [0.4, 0.5) is 5.69 Å². The number of anilines is 1. The number of hydrogen-bond donors (Lipinski definition) is 2. The summed E-state index contributed by atoms with van der Waals surface area (Å²) < 4.78 is 0. The Balaban J connectivity index is 2.07. The van der Waals surface area contributed by atoms with Crippen molar-refractivity contribution in [2.24, 2.45) is 5.41 Å². The Kier molecular flexibility index (Phi) is 4.66. The molecule has 1 aromatic carbocycles. The van der Waals surface area contributed by atoms with E-state index in [1.54, 1.807) is 0 Å². The Morgan fingerprint density at radius 2 is 1.86 bits per heavy atom. The highest BCUT2D eigenvalue weighted by molar-refractivity contribution is 5.94. The first-order valence-electron chi connectivity index (χ1n) is 7.53. The highest BCUT2D eigenvalue weighted by atomic mass is 16.4. The molecule has 0 unspecified atom stereocenters. The summed E-state index contributed by atoms with van der Waals surface area (Å²) >= 11 is 0. The number of amides is 1. The zero-order valence-electron chi connectivity index (χ0n) is 12.7. The van der Waals surface area contributed by atoms with Gasteiger partial charge in [-0.2, -0.15) is 0 Å². The van der Waals surface area contributed by atoms with E-state index in [2.05, 4.69) is 5.32 Å². The van der Waals surface area contributed by atoms with Crippen LogP contribution in [0.1, 0.15) is 49.7 Å². The predicted molar refractivity (Wildman–Crippen MR) is 82.3 cm³/mol. The summed E-state index contributed by atoms with van der Waals surface area (Å²) in [4.78, 5) is 23.8. The van der Waals surface area contributed by atoms with Crippen molar-refractivity contribution in [1.82, 2.24) is 0 Å². The second-order valence-electron chi connectivity index (χ2n) is 6.19. The van der Waals surface area contributed by atoms with Gasteiger partial charge in [-0.05, 0) is 38.3 Å². The summed E-state index contributed by atoms with van der Waals surface area (Å²) in [6.07, 6.45) is 4.11. The maximum Gasteiger partial charge on any atom is 0.310 e. The summed E-state index contributed by atoms with van der Waals surface area (Å²) in [7, 11) is 0. The standard InChI is InChI=1S/C17H23NO3/c1-12-6-7-14(13(2)10-12)18-15(19)11-17(16(20)21)8-4-3-5-9-17/h6-7,10H,3-5,8-9,11H2,1-2H3,(H,18,19)(H,20,21). The lowest BCUT2D eigenvalue weighted by atomic mass is 9.71. The molecule has 0 atom stereocenters. The summed E-state index contributed by atoms with van der Waals surface area (Å²) in [5.41, 5.74) is 2.03. The maximum absolute atomic E-state index is 12.3. The Morgan fingerprint density at radius 1 is 1.19 bits per heavy atom. The van der Waals surface area contributed by atoms with Crippen LogP contribution in [-0.4, -0.2) is 17.0 Å². The van der Waals surface area contributed by atoms with Gasteiger partial charge in [0.15, 0.2) is 0 Å². The van der Waals surface area contributed by atoms with Gasteiger partial charge >= 0.3 is 5.97 Å². The van der Waals surface area contributed by atoms with Crippen molar-refractivity contribution in [1.29, 1.82) is 0 Å². The summed E-state index contributed by atoms with van der Waals surface area (Å²) in [6, 6.07) is 5.82. The van der Waals surface area contributed by atoms with E-state index in [0.717, 1.165) is 36.1 Å². The third-order valence-corrected chi connectivity index (χ3v) is 4.42. The smallest absolute Gasteiger partial charge is 0.310 e. The molecule has 1 aliphatic carbocycles. The fourth-order valence-corrected chi connectivity index (χ4v) is 3.15. The Labute approximate surface area is 125 Å². The molecule has 0 heterocycles. The van der Waals surface area contributed by atoms with Crippen LogP contribution >= 0.6 is 0 Å². The number of carbonyl (C=O) groups is 2. The number of aryl methyl sites for hydroxylation is 2. The zero-order valence-corrected chi connectivity index (χ0v) is 12.7. The van der Waals surface area contributed by atoms with Crippen molar-refractivity contribution >= 4 is 17.6 Å². The molecule has 0 aromatic heterocycles. The van der Waals surface area contributed by atoms with E-state index in [4.69, 9.17) is 0 Å². The molecule has 0 spiro atoms. The Morgan fingerprint density at radius 3 is 2.43 bits per heavy atom. The number of carboxylic acids is 1. The lowest BCUT2D eigenvalue weighted by Crippen LogP contribution is -2.37. The van der Waals surface area contributed by atoms with E-state index in [9.17, 15) is 14.7 Å². The van der Waals surface area contributed by atoms with Gasteiger partial charge < -0.3 is 10.4 Å². The molecule has 1 saturated carbocycles. The van der Waals surface area contributed by atoms with Crippen molar-refractivity contribution in [2.75, 3.05) is 5.32 Å². The maximum atomic E-state index is 12.3. The SMILES string of the molecule is Cc1ccc(NC(=O)CC2(C(=O)O)CCCCC2)c(C)c1. The highest BCUT2D eigenvalue weighted by Gasteiger charge is 2.41. The molecule has 114 valence electrons. The molecule has 1 aromatic rings. The average Bonchev–Trinajstić information content (AvgIpc) is 2.43. The number of rotatable bonds is 4. The second-order valence-corrected chi connectivity index (χ2v) is 6.19. The topological polar surface area (TPSA) is 66.4 Å². The van der Waals surface area contributed by atoms with E-state index in [0.29, 0.717) is 12.8 Å². The number of carboxylic acid groups (broad SMARTS) is 1. The van der Waals surface area contributed by atoms with Gasteiger partial charge in [-0.1, -0.05) is 37.0 Å². The van der Waals surface area contributed by atoms with E-state index in [-0.39, 0.29) is 12.3 Å². The molecule has 1 amide bonds. The lowest BCUT2D eigenvalue weighted by Gasteiger charge is -2.32. The quantitative estimate of drug-likeness (QED) is 0.888. The zero-order chi connectivity index (χ0) is 15.5. The minimum Gasteiger partial charge on any atom is -0.481 e. The fraction of sp³-hybridized carbons (Fsp3) is 0.529. The van der Waals surface area contributed by atoms with Crippen LogP contribution in [0, 0.1) is 19.3 Å². The van der Waals surface area contributed by atoms with Crippen LogP contribution in [-0.2, 0) is 9.59 Å². The van der Waals surface area contributed by atoms with E-state index < -0.39 is 11.4 Å². The van der Waals surface area contributed by atoms with Crippen molar-refractivity contribution in [3.05, 3.63) is 29.3 Å². The molecule has 1 aliphatic rings. The predicted octanol–water partition coefficient (Wildman–Crippen LogP) is 3.67. The lowest BCUT2D eigenvalue weighted by molar-refractivity contribution is -0.153. The van der Waals surface area contributed by atoms with Crippen LogP contribution in [0.15, 0.2) is 18.2 Å². The average molecular weight is 289 g/mol. The van der Waals surface area contributed by atoms with E-state index in [1.807, 2.05) is 32.0 Å². The normalized spacial score (nSPS) is 17.2. The van der Waals surface area contributed by atoms with Gasteiger partial charge in [-0.3, -0.25) is 9.59 Å². The number of hydrogen-bond acceptors (Lipinski definition) is 2. The first-order chi connectivity index (χ1) is 9.93. The van der Waals surface area contributed by atoms with E-state index in [1.165, 1.54) is 0 Å². The van der Waals surface area contributed by atoms with Crippen molar-refractivity contribution in [3.8, 4) is 0 Å². The van der Waals surface area contributed by atoms with Crippen LogP contribution in [0.2, 0.25) is 0 Å². The van der Waals surface area contributed by atoms with Gasteiger partial charge in [0, 0.05) is 12.1 Å². The molecular weight excluding hydrogens is 266 g/mol. The molecular formula is C17H23NO3. The Hall–Kier alpha value is -1.84. The van der Waals surface area contributed by atoms with Gasteiger partial charge in [-0.25, -0.2) is 0 Å². The first kappa shape index (κ1) is 15.5. The molecule has 0 saturated heterocycles. The van der Waals surface area contributed by atoms with Gasteiger partial charge in [0.2, 0.25) is 5.91 Å². The number of benzene rings is 1. The van der Waals surface area contributed by atoms with Gasteiger partial charge in [0.25, 0.3) is 0 Å². The van der Waals surface area contributed by atoms with Crippen molar-refractivity contribution < 1.29 is 14.7 Å². The summed E-state index contributed by atoms with van der Waals surface area (Å²) in [6.45, 7) is 3.94. The molecule has 1 fully saturated rings. The number of carbonyl (C=O) groups excluding carboxylic acids is 1. The van der Waals surface area contributed by atoms with Crippen LogP contribution < -0.4 is 5.32 Å². The third kappa shape index (κ3) is 3.63. The van der Waals surface area contributed by atoms with E-state index >= 15 is 0 Å². The highest BCUT2D eigenvalue weighted by Crippen LogP contribution is 2.39. The fourth-order valence-electron chi connectivity index (χ4n) is 3.15. The van der Waals surface area contributed by atoms with Gasteiger partial charge in [-0.15, -0.1) is 0 Å².